The zero-order valence-corrected chi connectivity index (χ0v) is 8.89. The largest absolute Gasteiger partial charge is 0.401 e. The summed E-state index contributed by atoms with van der Waals surface area (Å²) in [6.07, 6.45) is -3.48. The highest BCUT2D eigenvalue weighted by Crippen LogP contribution is 2.16. The Morgan fingerprint density at radius 3 is 2.33 bits per heavy atom. The summed E-state index contributed by atoms with van der Waals surface area (Å²) in [5, 5.41) is 8.40. The van der Waals surface area contributed by atoms with Gasteiger partial charge in [-0.15, -0.1) is 0 Å². The fourth-order valence-corrected chi connectivity index (χ4v) is 1.20. The second-order valence-electron chi connectivity index (χ2n) is 3.23. The Hall–Kier alpha value is -0.330. The van der Waals surface area contributed by atoms with Crippen molar-refractivity contribution in [2.75, 3.05) is 39.5 Å². The maximum absolute atomic E-state index is 12.1. The van der Waals surface area contributed by atoms with Crippen LogP contribution in [0.25, 0.3) is 0 Å². The standard InChI is InChI=1S/C9H18F3NO2/c1-2-3-13(8-9(10,11)12)4-6-15-7-5-14/h14H,2-8H2,1H3. The number of hydrogen-bond acceptors (Lipinski definition) is 3. The lowest BCUT2D eigenvalue weighted by atomic mass is 10.4. The molecule has 0 fully saturated rings. The summed E-state index contributed by atoms with van der Waals surface area (Å²) in [4.78, 5) is 1.30. The third-order valence-corrected chi connectivity index (χ3v) is 1.73. The van der Waals surface area contributed by atoms with Gasteiger partial charge in [-0.1, -0.05) is 6.92 Å². The van der Waals surface area contributed by atoms with Crippen molar-refractivity contribution in [2.24, 2.45) is 0 Å². The molecule has 0 unspecified atom stereocenters. The Bertz CT molecular complexity index is 153. The maximum Gasteiger partial charge on any atom is 0.401 e. The maximum atomic E-state index is 12.1. The number of ether oxygens (including phenoxy) is 1. The second kappa shape index (κ2) is 7.90. The first kappa shape index (κ1) is 14.7. The van der Waals surface area contributed by atoms with Gasteiger partial charge in [0.25, 0.3) is 0 Å². The van der Waals surface area contributed by atoms with Crippen molar-refractivity contribution < 1.29 is 23.0 Å². The zero-order chi connectivity index (χ0) is 11.7. The number of alkyl halides is 3. The molecule has 15 heavy (non-hydrogen) atoms. The van der Waals surface area contributed by atoms with E-state index in [1.54, 1.807) is 0 Å². The number of hydrogen-bond donors (Lipinski definition) is 1. The van der Waals surface area contributed by atoms with Crippen LogP contribution in [-0.4, -0.2) is 55.6 Å². The van der Waals surface area contributed by atoms with Gasteiger partial charge in [0.1, 0.15) is 0 Å². The van der Waals surface area contributed by atoms with Gasteiger partial charge in [-0.05, 0) is 13.0 Å². The van der Waals surface area contributed by atoms with E-state index in [1.165, 1.54) is 4.90 Å². The lowest BCUT2D eigenvalue weighted by molar-refractivity contribution is -0.147. The summed E-state index contributed by atoms with van der Waals surface area (Å²) < 4.78 is 41.2. The number of aliphatic hydroxyl groups excluding tert-OH is 1. The summed E-state index contributed by atoms with van der Waals surface area (Å²) in [7, 11) is 0. The third kappa shape index (κ3) is 9.96. The van der Waals surface area contributed by atoms with Gasteiger partial charge in [0.05, 0.1) is 26.4 Å². The van der Waals surface area contributed by atoms with Crippen molar-refractivity contribution in [3.05, 3.63) is 0 Å². The highest BCUT2D eigenvalue weighted by Gasteiger charge is 2.30. The van der Waals surface area contributed by atoms with Crippen molar-refractivity contribution in [1.82, 2.24) is 4.90 Å². The van der Waals surface area contributed by atoms with Gasteiger partial charge in [0.15, 0.2) is 0 Å². The number of halogens is 3. The quantitative estimate of drug-likeness (QED) is 0.636. The molecule has 3 nitrogen and oxygen atoms in total. The predicted molar refractivity (Wildman–Crippen MR) is 50.7 cm³/mol. The van der Waals surface area contributed by atoms with Crippen LogP contribution in [0.3, 0.4) is 0 Å². The van der Waals surface area contributed by atoms with Crippen LogP contribution in [0.15, 0.2) is 0 Å². The molecule has 0 aliphatic carbocycles. The molecule has 0 amide bonds. The molecule has 1 N–H and O–H groups in total. The number of nitrogens with zero attached hydrogens (tertiary/aromatic N) is 1. The molecular formula is C9H18F3NO2. The minimum Gasteiger partial charge on any atom is -0.394 e. The number of aliphatic hydroxyl groups is 1. The normalized spacial score (nSPS) is 12.4. The minimum absolute atomic E-state index is 0.104. The molecule has 0 spiro atoms. The molecule has 0 saturated carbocycles. The Morgan fingerprint density at radius 1 is 1.20 bits per heavy atom. The molecule has 0 aromatic carbocycles. The molecule has 92 valence electrons. The zero-order valence-electron chi connectivity index (χ0n) is 8.89. The van der Waals surface area contributed by atoms with Crippen LogP contribution >= 0.6 is 0 Å². The van der Waals surface area contributed by atoms with Gasteiger partial charge < -0.3 is 9.84 Å². The Morgan fingerprint density at radius 2 is 1.87 bits per heavy atom. The van der Waals surface area contributed by atoms with Gasteiger partial charge in [0, 0.05) is 6.54 Å². The molecule has 6 heteroatoms. The van der Waals surface area contributed by atoms with Crippen LogP contribution in [0.5, 0.6) is 0 Å². The monoisotopic (exact) mass is 229 g/mol. The molecular weight excluding hydrogens is 211 g/mol. The molecule has 0 aliphatic rings. The first-order valence-electron chi connectivity index (χ1n) is 4.97. The van der Waals surface area contributed by atoms with Gasteiger partial charge in [0.2, 0.25) is 0 Å². The Labute approximate surface area is 87.8 Å². The fourth-order valence-electron chi connectivity index (χ4n) is 1.20. The van der Waals surface area contributed by atoms with Gasteiger partial charge in [-0.25, -0.2) is 0 Å². The van der Waals surface area contributed by atoms with Gasteiger partial charge in [-0.3, -0.25) is 4.90 Å². The molecule has 0 atom stereocenters. The first-order valence-corrected chi connectivity index (χ1v) is 4.97. The average molecular weight is 229 g/mol. The van der Waals surface area contributed by atoms with E-state index in [-0.39, 0.29) is 26.4 Å². The Kier molecular flexibility index (Phi) is 7.72. The predicted octanol–water partition coefficient (Wildman–Crippen LogP) is 1.27. The molecule has 0 aliphatic heterocycles. The summed E-state index contributed by atoms with van der Waals surface area (Å²) in [6, 6.07) is 0. The van der Waals surface area contributed by atoms with E-state index in [0.717, 1.165) is 0 Å². The van der Waals surface area contributed by atoms with Crippen LogP contribution in [0.4, 0.5) is 13.2 Å². The molecule has 0 bridgehead atoms. The summed E-state index contributed by atoms with van der Waals surface area (Å²) in [6.45, 7) is 1.87. The van der Waals surface area contributed by atoms with Crippen LogP contribution in [-0.2, 0) is 4.74 Å². The summed E-state index contributed by atoms with van der Waals surface area (Å²) in [5.41, 5.74) is 0. The highest BCUT2D eigenvalue weighted by atomic mass is 19.4. The lowest BCUT2D eigenvalue weighted by Gasteiger charge is -2.22. The van der Waals surface area contributed by atoms with Crippen LogP contribution in [0.1, 0.15) is 13.3 Å². The van der Waals surface area contributed by atoms with Crippen LogP contribution in [0, 0.1) is 0 Å². The topological polar surface area (TPSA) is 32.7 Å². The minimum atomic E-state index is -4.16. The van der Waals surface area contributed by atoms with E-state index < -0.39 is 12.7 Å². The Balaban J connectivity index is 3.73. The van der Waals surface area contributed by atoms with Crippen molar-refractivity contribution in [2.45, 2.75) is 19.5 Å². The smallest absolute Gasteiger partial charge is 0.394 e. The lowest BCUT2D eigenvalue weighted by Crippen LogP contribution is -2.37. The van der Waals surface area contributed by atoms with Crippen molar-refractivity contribution in [3.8, 4) is 0 Å². The van der Waals surface area contributed by atoms with E-state index in [0.29, 0.717) is 13.0 Å². The van der Waals surface area contributed by atoms with E-state index in [9.17, 15) is 13.2 Å². The van der Waals surface area contributed by atoms with Crippen molar-refractivity contribution in [1.29, 1.82) is 0 Å². The van der Waals surface area contributed by atoms with Crippen LogP contribution < -0.4 is 0 Å². The SMILES string of the molecule is CCCN(CCOCCO)CC(F)(F)F. The van der Waals surface area contributed by atoms with Gasteiger partial charge >= 0.3 is 6.18 Å². The molecule has 0 radical (unpaired) electrons. The molecule has 0 aromatic heterocycles. The molecule has 0 rings (SSSR count). The van der Waals surface area contributed by atoms with E-state index in [4.69, 9.17) is 9.84 Å². The molecule has 0 heterocycles. The first-order chi connectivity index (χ1) is 6.99. The van der Waals surface area contributed by atoms with Gasteiger partial charge in [-0.2, -0.15) is 13.2 Å². The third-order valence-electron chi connectivity index (χ3n) is 1.73. The molecule has 0 aromatic rings. The number of rotatable bonds is 8. The van der Waals surface area contributed by atoms with E-state index >= 15 is 0 Å². The van der Waals surface area contributed by atoms with Crippen molar-refractivity contribution >= 4 is 0 Å². The summed E-state index contributed by atoms with van der Waals surface area (Å²) >= 11 is 0. The molecule has 0 saturated heterocycles. The van der Waals surface area contributed by atoms with Crippen LogP contribution in [0.2, 0.25) is 0 Å². The fraction of sp³-hybridized carbons (Fsp3) is 1.00. The second-order valence-corrected chi connectivity index (χ2v) is 3.23. The van der Waals surface area contributed by atoms with Crippen molar-refractivity contribution in [3.63, 3.8) is 0 Å². The highest BCUT2D eigenvalue weighted by molar-refractivity contribution is 4.62. The average Bonchev–Trinajstić information content (AvgIpc) is 2.10. The van der Waals surface area contributed by atoms with E-state index in [2.05, 4.69) is 0 Å². The summed E-state index contributed by atoms with van der Waals surface area (Å²) in [5.74, 6) is 0. The van der Waals surface area contributed by atoms with E-state index in [1.807, 2.05) is 6.92 Å².